The van der Waals surface area contributed by atoms with Gasteiger partial charge in [-0.05, 0) is 49.6 Å². The number of hydrogen-bond donors (Lipinski definition) is 1. The molecule has 1 aromatic heterocycles. The van der Waals surface area contributed by atoms with Gasteiger partial charge in [-0.1, -0.05) is 24.6 Å². The normalized spacial score (nSPS) is 16.6. The zero-order valence-corrected chi connectivity index (χ0v) is 16.3. The molecule has 1 unspecified atom stereocenters. The zero-order valence-electron chi connectivity index (χ0n) is 15.5. The van der Waals surface area contributed by atoms with Gasteiger partial charge in [0.05, 0.1) is 23.1 Å². The van der Waals surface area contributed by atoms with Crippen molar-refractivity contribution in [3.05, 3.63) is 59.9 Å². The molecule has 1 aromatic carbocycles. The lowest BCUT2D eigenvalue weighted by Gasteiger charge is -2.25. The summed E-state index contributed by atoms with van der Waals surface area (Å²) in [6.45, 7) is 3.05. The van der Waals surface area contributed by atoms with Crippen LogP contribution in [-0.2, 0) is 21.2 Å². The van der Waals surface area contributed by atoms with Crippen molar-refractivity contribution < 1.29 is 13.2 Å². The molecule has 0 aliphatic carbocycles. The highest BCUT2D eigenvalue weighted by Gasteiger charge is 2.25. The number of carbonyl (C=O) groups excluding carboxylic acids is 1. The summed E-state index contributed by atoms with van der Waals surface area (Å²) in [6.07, 6.45) is 4.79. The molecule has 2 heterocycles. The van der Waals surface area contributed by atoms with Gasteiger partial charge in [-0.2, -0.15) is 4.31 Å². The molecule has 2 aromatic rings. The number of sulfonamides is 1. The van der Waals surface area contributed by atoms with Gasteiger partial charge in [-0.3, -0.25) is 9.78 Å². The first kappa shape index (κ1) is 19.5. The van der Waals surface area contributed by atoms with E-state index in [0.717, 1.165) is 30.5 Å². The molecule has 1 aliphatic rings. The Hall–Kier alpha value is -2.25. The lowest BCUT2D eigenvalue weighted by atomic mass is 10.1. The Morgan fingerprint density at radius 2 is 1.81 bits per heavy atom. The smallest absolute Gasteiger partial charge is 0.243 e. The van der Waals surface area contributed by atoms with Crippen LogP contribution >= 0.6 is 0 Å². The predicted octanol–water partition coefficient (Wildman–Crippen LogP) is 2.68. The van der Waals surface area contributed by atoms with E-state index in [1.54, 1.807) is 34.8 Å². The Morgan fingerprint density at radius 1 is 1.11 bits per heavy atom. The van der Waals surface area contributed by atoms with Crippen LogP contribution in [0.3, 0.4) is 0 Å². The van der Waals surface area contributed by atoms with Crippen molar-refractivity contribution in [2.45, 2.75) is 43.5 Å². The number of amides is 1. The highest BCUT2D eigenvalue weighted by molar-refractivity contribution is 7.89. The van der Waals surface area contributed by atoms with Gasteiger partial charge in [0.2, 0.25) is 15.9 Å². The fraction of sp³-hybridized carbons (Fsp3) is 0.400. The van der Waals surface area contributed by atoms with Crippen molar-refractivity contribution in [3.63, 3.8) is 0 Å². The van der Waals surface area contributed by atoms with Gasteiger partial charge in [-0.25, -0.2) is 8.42 Å². The monoisotopic (exact) mass is 387 g/mol. The molecule has 7 heteroatoms. The average Bonchev–Trinajstić information content (AvgIpc) is 2.69. The summed E-state index contributed by atoms with van der Waals surface area (Å²) in [4.78, 5) is 16.8. The number of pyridine rings is 1. The second-order valence-electron chi connectivity index (χ2n) is 6.83. The fourth-order valence-corrected chi connectivity index (χ4v) is 4.73. The number of aromatic nitrogens is 1. The first-order chi connectivity index (χ1) is 13.0. The molecule has 0 saturated carbocycles. The third-order valence-electron chi connectivity index (χ3n) is 4.75. The Morgan fingerprint density at radius 3 is 2.44 bits per heavy atom. The van der Waals surface area contributed by atoms with Crippen molar-refractivity contribution in [2.75, 3.05) is 13.1 Å². The third kappa shape index (κ3) is 4.93. The van der Waals surface area contributed by atoms with Gasteiger partial charge >= 0.3 is 0 Å². The minimum atomic E-state index is -3.44. The molecule has 1 saturated heterocycles. The first-order valence-electron chi connectivity index (χ1n) is 9.26. The standard InChI is InChI=1S/C20H25N3O3S/c1-16(19-7-3-4-12-21-19)22-20(24)15-17-8-10-18(11-9-17)27(25,26)23-13-5-2-6-14-23/h3-4,7-12,16H,2,5-6,13-15H2,1H3,(H,22,24). The van der Waals surface area contributed by atoms with Crippen molar-refractivity contribution in [1.82, 2.24) is 14.6 Å². The van der Waals surface area contributed by atoms with Crippen LogP contribution in [0.2, 0.25) is 0 Å². The predicted molar refractivity (Wildman–Crippen MR) is 104 cm³/mol. The maximum absolute atomic E-state index is 12.7. The Kier molecular flexibility index (Phi) is 6.23. The zero-order chi connectivity index (χ0) is 19.3. The summed E-state index contributed by atoms with van der Waals surface area (Å²) in [5.41, 5.74) is 1.58. The van der Waals surface area contributed by atoms with E-state index in [1.165, 1.54) is 0 Å². The number of nitrogens with one attached hydrogen (secondary N) is 1. The molecule has 0 radical (unpaired) electrons. The Balaban J connectivity index is 1.61. The van der Waals surface area contributed by atoms with Gasteiger partial charge in [0.1, 0.15) is 0 Å². The first-order valence-corrected chi connectivity index (χ1v) is 10.7. The second kappa shape index (κ2) is 8.63. The molecule has 1 amide bonds. The van der Waals surface area contributed by atoms with Gasteiger partial charge in [0.15, 0.2) is 0 Å². The van der Waals surface area contributed by atoms with Crippen LogP contribution in [0.4, 0.5) is 0 Å². The van der Waals surface area contributed by atoms with Gasteiger partial charge in [0.25, 0.3) is 0 Å². The summed E-state index contributed by atoms with van der Waals surface area (Å²) < 4.78 is 26.9. The second-order valence-corrected chi connectivity index (χ2v) is 8.77. The van der Waals surface area contributed by atoms with E-state index in [4.69, 9.17) is 0 Å². The quantitative estimate of drug-likeness (QED) is 0.826. The lowest BCUT2D eigenvalue weighted by molar-refractivity contribution is -0.121. The third-order valence-corrected chi connectivity index (χ3v) is 6.66. The summed E-state index contributed by atoms with van der Waals surface area (Å²) >= 11 is 0. The van der Waals surface area contributed by atoms with Gasteiger partial charge < -0.3 is 5.32 Å². The van der Waals surface area contributed by atoms with Gasteiger partial charge in [-0.15, -0.1) is 0 Å². The van der Waals surface area contributed by atoms with Crippen molar-refractivity contribution in [1.29, 1.82) is 0 Å². The number of carbonyl (C=O) groups is 1. The number of rotatable bonds is 6. The van der Waals surface area contributed by atoms with E-state index in [1.807, 2.05) is 25.1 Å². The summed E-state index contributed by atoms with van der Waals surface area (Å²) in [5.74, 6) is -0.125. The minimum absolute atomic E-state index is 0.125. The van der Waals surface area contributed by atoms with Crippen LogP contribution in [0.1, 0.15) is 43.5 Å². The number of nitrogens with zero attached hydrogens (tertiary/aromatic N) is 2. The molecule has 1 atom stereocenters. The van der Waals surface area contributed by atoms with Crippen LogP contribution in [0.15, 0.2) is 53.6 Å². The van der Waals surface area contributed by atoms with Crippen molar-refractivity contribution >= 4 is 15.9 Å². The fourth-order valence-electron chi connectivity index (χ4n) is 3.22. The highest BCUT2D eigenvalue weighted by Crippen LogP contribution is 2.21. The molecule has 3 rings (SSSR count). The van der Waals surface area contributed by atoms with Gasteiger partial charge in [0, 0.05) is 19.3 Å². The summed E-state index contributed by atoms with van der Waals surface area (Å²) in [5, 5.41) is 2.91. The van der Waals surface area contributed by atoms with E-state index in [0.29, 0.717) is 13.1 Å². The van der Waals surface area contributed by atoms with Crippen LogP contribution < -0.4 is 5.32 Å². The highest BCUT2D eigenvalue weighted by atomic mass is 32.2. The summed E-state index contributed by atoms with van der Waals surface area (Å²) in [7, 11) is -3.44. The van der Waals surface area contributed by atoms with Crippen LogP contribution in [0.25, 0.3) is 0 Å². The molecular weight excluding hydrogens is 362 g/mol. The lowest BCUT2D eigenvalue weighted by Crippen LogP contribution is -2.35. The van der Waals surface area contributed by atoms with E-state index in [9.17, 15) is 13.2 Å². The molecule has 0 spiro atoms. The molecule has 144 valence electrons. The molecule has 6 nitrogen and oxygen atoms in total. The molecule has 27 heavy (non-hydrogen) atoms. The number of piperidine rings is 1. The van der Waals surface area contributed by atoms with E-state index in [2.05, 4.69) is 10.3 Å². The van der Waals surface area contributed by atoms with Crippen LogP contribution in [0.5, 0.6) is 0 Å². The molecule has 1 aliphatic heterocycles. The van der Waals surface area contributed by atoms with Crippen molar-refractivity contribution in [3.8, 4) is 0 Å². The molecule has 1 fully saturated rings. The molecule has 0 bridgehead atoms. The van der Waals surface area contributed by atoms with E-state index < -0.39 is 10.0 Å². The topological polar surface area (TPSA) is 79.4 Å². The average molecular weight is 388 g/mol. The molecule has 1 N–H and O–H groups in total. The minimum Gasteiger partial charge on any atom is -0.348 e. The molecular formula is C20H25N3O3S. The number of hydrogen-bond acceptors (Lipinski definition) is 4. The maximum atomic E-state index is 12.7. The summed E-state index contributed by atoms with van der Waals surface area (Å²) in [6, 6.07) is 12.0. The Bertz CT molecular complexity index is 861. The largest absolute Gasteiger partial charge is 0.348 e. The number of benzene rings is 1. The van der Waals surface area contributed by atoms with Crippen LogP contribution in [-0.4, -0.2) is 36.7 Å². The SMILES string of the molecule is CC(NC(=O)Cc1ccc(S(=O)(=O)N2CCCCC2)cc1)c1ccccn1. The van der Waals surface area contributed by atoms with E-state index in [-0.39, 0.29) is 23.3 Å². The van der Waals surface area contributed by atoms with Crippen LogP contribution in [0, 0.1) is 0 Å². The maximum Gasteiger partial charge on any atom is 0.243 e. The Labute approximate surface area is 160 Å². The van der Waals surface area contributed by atoms with Crippen molar-refractivity contribution in [2.24, 2.45) is 0 Å². The van der Waals surface area contributed by atoms with E-state index >= 15 is 0 Å².